The van der Waals surface area contributed by atoms with Gasteiger partial charge < -0.3 is 10.6 Å². The minimum absolute atomic E-state index is 0.566. The van der Waals surface area contributed by atoms with E-state index in [1.165, 1.54) is 19.3 Å². The first-order valence-electron chi connectivity index (χ1n) is 6.29. The fourth-order valence-electron chi connectivity index (χ4n) is 2.24. The van der Waals surface area contributed by atoms with Crippen LogP contribution in [0.4, 0.5) is 11.4 Å². The van der Waals surface area contributed by atoms with Gasteiger partial charge in [0.2, 0.25) is 0 Å². The molecule has 0 unspecified atom stereocenters. The van der Waals surface area contributed by atoms with Crippen LogP contribution >= 0.6 is 0 Å². The monoisotopic (exact) mass is 229 g/mol. The van der Waals surface area contributed by atoms with Crippen molar-refractivity contribution in [3.05, 3.63) is 23.8 Å². The SMILES string of the molecule is CCN(CC1CCC1)c1ccc(N)c(C#N)c1. The number of nitrogens with two attached hydrogens (primary N) is 1. The first-order valence-corrected chi connectivity index (χ1v) is 6.29. The van der Waals surface area contributed by atoms with Gasteiger partial charge in [-0.15, -0.1) is 0 Å². The average molecular weight is 229 g/mol. The molecule has 3 nitrogen and oxygen atoms in total. The second-order valence-electron chi connectivity index (χ2n) is 4.72. The van der Waals surface area contributed by atoms with Crippen LogP contribution in [-0.2, 0) is 0 Å². The number of hydrogen-bond donors (Lipinski definition) is 1. The molecule has 2 N–H and O–H groups in total. The predicted octanol–water partition coefficient (Wildman–Crippen LogP) is 2.77. The average Bonchev–Trinajstić information content (AvgIpc) is 2.29. The molecule has 1 saturated carbocycles. The molecule has 17 heavy (non-hydrogen) atoms. The molecule has 3 heteroatoms. The highest BCUT2D eigenvalue weighted by Crippen LogP contribution is 2.29. The van der Waals surface area contributed by atoms with E-state index in [1.54, 1.807) is 0 Å². The van der Waals surface area contributed by atoms with E-state index in [1.807, 2.05) is 18.2 Å². The molecule has 0 heterocycles. The molecule has 0 amide bonds. The van der Waals surface area contributed by atoms with Crippen molar-refractivity contribution < 1.29 is 0 Å². The maximum absolute atomic E-state index is 8.99. The number of nitriles is 1. The van der Waals surface area contributed by atoms with Crippen molar-refractivity contribution >= 4 is 11.4 Å². The third kappa shape index (κ3) is 2.52. The molecule has 0 bridgehead atoms. The molecule has 1 aromatic carbocycles. The van der Waals surface area contributed by atoms with Gasteiger partial charge >= 0.3 is 0 Å². The van der Waals surface area contributed by atoms with Crippen molar-refractivity contribution in [1.29, 1.82) is 5.26 Å². The van der Waals surface area contributed by atoms with E-state index in [0.29, 0.717) is 11.3 Å². The quantitative estimate of drug-likeness (QED) is 0.808. The lowest BCUT2D eigenvalue weighted by Gasteiger charge is -2.33. The smallest absolute Gasteiger partial charge is 0.101 e. The Morgan fingerprint density at radius 2 is 2.24 bits per heavy atom. The van der Waals surface area contributed by atoms with Crippen LogP contribution in [-0.4, -0.2) is 13.1 Å². The van der Waals surface area contributed by atoms with Crippen molar-refractivity contribution in [2.75, 3.05) is 23.7 Å². The van der Waals surface area contributed by atoms with Crippen LogP contribution in [0, 0.1) is 17.2 Å². The summed E-state index contributed by atoms with van der Waals surface area (Å²) < 4.78 is 0. The van der Waals surface area contributed by atoms with Gasteiger partial charge in [0.25, 0.3) is 0 Å². The van der Waals surface area contributed by atoms with E-state index >= 15 is 0 Å². The first kappa shape index (κ1) is 11.8. The van der Waals surface area contributed by atoms with Gasteiger partial charge in [0.05, 0.1) is 5.56 Å². The molecule has 0 aliphatic heterocycles. The Bertz CT molecular complexity index is 430. The van der Waals surface area contributed by atoms with Gasteiger partial charge in [-0.2, -0.15) is 5.26 Å². The second kappa shape index (κ2) is 5.09. The largest absolute Gasteiger partial charge is 0.398 e. The van der Waals surface area contributed by atoms with Crippen LogP contribution in [0.25, 0.3) is 0 Å². The molecule has 0 saturated heterocycles. The lowest BCUT2D eigenvalue weighted by molar-refractivity contribution is 0.318. The number of nitrogen functional groups attached to an aromatic ring is 1. The van der Waals surface area contributed by atoms with Crippen molar-refractivity contribution in [3.8, 4) is 6.07 Å². The van der Waals surface area contributed by atoms with Gasteiger partial charge in [-0.1, -0.05) is 6.42 Å². The number of hydrogen-bond acceptors (Lipinski definition) is 3. The van der Waals surface area contributed by atoms with E-state index in [9.17, 15) is 0 Å². The second-order valence-corrected chi connectivity index (χ2v) is 4.72. The summed E-state index contributed by atoms with van der Waals surface area (Å²) in [6.45, 7) is 4.23. The summed E-state index contributed by atoms with van der Waals surface area (Å²) in [6.07, 6.45) is 4.06. The molecule has 0 atom stereocenters. The first-order chi connectivity index (χ1) is 8.24. The highest BCUT2D eigenvalue weighted by atomic mass is 15.1. The molecular formula is C14H19N3. The zero-order valence-corrected chi connectivity index (χ0v) is 10.3. The summed E-state index contributed by atoms with van der Waals surface area (Å²) >= 11 is 0. The zero-order chi connectivity index (χ0) is 12.3. The van der Waals surface area contributed by atoms with Crippen LogP contribution in [0.2, 0.25) is 0 Å². The summed E-state index contributed by atoms with van der Waals surface area (Å²) in [5.74, 6) is 0.832. The molecule has 0 radical (unpaired) electrons. The minimum Gasteiger partial charge on any atom is -0.398 e. The molecule has 1 aromatic rings. The van der Waals surface area contributed by atoms with Crippen molar-refractivity contribution in [1.82, 2.24) is 0 Å². The summed E-state index contributed by atoms with van der Waals surface area (Å²) in [5, 5.41) is 8.99. The van der Waals surface area contributed by atoms with Crippen molar-refractivity contribution in [2.45, 2.75) is 26.2 Å². The van der Waals surface area contributed by atoms with Crippen LogP contribution in [0.15, 0.2) is 18.2 Å². The molecule has 0 aromatic heterocycles. The summed E-state index contributed by atoms with van der Waals surface area (Å²) in [5.41, 5.74) is 8.00. The van der Waals surface area contributed by atoms with Gasteiger partial charge in [-0.3, -0.25) is 0 Å². The van der Waals surface area contributed by atoms with Crippen LogP contribution in [0.3, 0.4) is 0 Å². The number of rotatable bonds is 4. The maximum atomic E-state index is 8.99. The Kier molecular flexibility index (Phi) is 3.53. The minimum atomic E-state index is 0.566. The molecule has 90 valence electrons. The Morgan fingerprint density at radius 3 is 2.76 bits per heavy atom. The summed E-state index contributed by atoms with van der Waals surface area (Å²) in [6, 6.07) is 7.89. The Hall–Kier alpha value is -1.69. The molecular weight excluding hydrogens is 210 g/mol. The number of nitrogens with zero attached hydrogens (tertiary/aromatic N) is 2. The van der Waals surface area contributed by atoms with Gasteiger partial charge in [0.1, 0.15) is 6.07 Å². The van der Waals surface area contributed by atoms with Crippen LogP contribution in [0.1, 0.15) is 31.7 Å². The fraction of sp³-hybridized carbons (Fsp3) is 0.500. The van der Waals surface area contributed by atoms with Gasteiger partial charge in [0, 0.05) is 24.5 Å². The Labute approximate surface area is 103 Å². The topological polar surface area (TPSA) is 53.0 Å². The van der Waals surface area contributed by atoms with E-state index in [2.05, 4.69) is 17.9 Å². The molecule has 0 spiro atoms. The van der Waals surface area contributed by atoms with Gasteiger partial charge in [-0.25, -0.2) is 0 Å². The van der Waals surface area contributed by atoms with E-state index in [4.69, 9.17) is 11.0 Å². The lowest BCUT2D eigenvalue weighted by Crippen LogP contribution is -2.32. The standard InChI is InChI=1S/C14H19N3/c1-2-17(10-11-4-3-5-11)13-6-7-14(16)12(8-13)9-15/h6-8,11H,2-5,10,16H2,1H3. The number of anilines is 2. The molecule has 1 fully saturated rings. The van der Waals surface area contributed by atoms with Crippen LogP contribution < -0.4 is 10.6 Å². The fourth-order valence-corrected chi connectivity index (χ4v) is 2.24. The highest BCUT2D eigenvalue weighted by molar-refractivity contribution is 5.62. The maximum Gasteiger partial charge on any atom is 0.101 e. The summed E-state index contributed by atoms with van der Waals surface area (Å²) in [7, 11) is 0. The van der Waals surface area contributed by atoms with Gasteiger partial charge in [0.15, 0.2) is 0 Å². The third-order valence-corrected chi connectivity index (χ3v) is 3.61. The zero-order valence-electron chi connectivity index (χ0n) is 10.3. The van der Waals surface area contributed by atoms with Crippen molar-refractivity contribution in [2.24, 2.45) is 5.92 Å². The Balaban J connectivity index is 2.15. The highest BCUT2D eigenvalue weighted by Gasteiger charge is 2.20. The predicted molar refractivity (Wildman–Crippen MR) is 70.8 cm³/mol. The van der Waals surface area contributed by atoms with Crippen LogP contribution in [0.5, 0.6) is 0 Å². The summed E-state index contributed by atoms with van der Waals surface area (Å²) in [4.78, 5) is 2.34. The normalized spacial score (nSPS) is 15.1. The molecule has 1 aliphatic rings. The molecule has 2 rings (SSSR count). The lowest BCUT2D eigenvalue weighted by atomic mass is 9.85. The third-order valence-electron chi connectivity index (χ3n) is 3.61. The van der Waals surface area contributed by atoms with Gasteiger partial charge in [-0.05, 0) is 43.9 Å². The van der Waals surface area contributed by atoms with Crippen molar-refractivity contribution in [3.63, 3.8) is 0 Å². The number of benzene rings is 1. The van der Waals surface area contributed by atoms with E-state index < -0.39 is 0 Å². The van der Waals surface area contributed by atoms with E-state index in [-0.39, 0.29) is 0 Å². The van der Waals surface area contributed by atoms with E-state index in [0.717, 1.165) is 24.7 Å². The molecule has 1 aliphatic carbocycles. The Morgan fingerprint density at radius 1 is 1.47 bits per heavy atom.